The highest BCUT2D eigenvalue weighted by Crippen LogP contribution is 2.37. The molecule has 7 heteroatoms. The van der Waals surface area contributed by atoms with Crippen molar-refractivity contribution in [2.24, 2.45) is 0 Å². The molecule has 0 radical (unpaired) electrons. The minimum atomic E-state index is -5.19. The fraction of sp³-hybridized carbons (Fsp3) is 0.100. The molecule has 0 heterocycles. The van der Waals surface area contributed by atoms with Crippen LogP contribution in [0.3, 0.4) is 0 Å². The number of aromatic carboxylic acids is 1. The summed E-state index contributed by atoms with van der Waals surface area (Å²) in [6.07, 6.45) is -8.05. The van der Waals surface area contributed by atoms with Crippen molar-refractivity contribution in [2.45, 2.75) is 6.18 Å². The third-order valence-electron chi connectivity index (χ3n) is 1.89. The molecular formula is C10H5F5O2. The minimum Gasteiger partial charge on any atom is -0.478 e. The van der Waals surface area contributed by atoms with Crippen LogP contribution in [0.5, 0.6) is 0 Å². The van der Waals surface area contributed by atoms with Crippen LogP contribution >= 0.6 is 0 Å². The molecule has 1 aromatic rings. The Kier molecular flexibility index (Phi) is 3.50. The summed E-state index contributed by atoms with van der Waals surface area (Å²) >= 11 is 0. The molecular weight excluding hydrogens is 247 g/mol. The summed E-state index contributed by atoms with van der Waals surface area (Å²) in [6, 6.07) is 3.02. The molecule has 1 N–H and O–H groups in total. The van der Waals surface area contributed by atoms with Crippen LogP contribution in [0.15, 0.2) is 30.3 Å². The van der Waals surface area contributed by atoms with Crippen molar-refractivity contribution in [3.8, 4) is 0 Å². The van der Waals surface area contributed by atoms with Crippen LogP contribution in [0.4, 0.5) is 22.0 Å². The average Bonchev–Trinajstić information content (AvgIpc) is 2.15. The molecule has 0 spiro atoms. The highest BCUT2D eigenvalue weighted by atomic mass is 19.4. The molecule has 0 aliphatic carbocycles. The number of alkyl halides is 3. The molecule has 0 saturated carbocycles. The molecule has 1 rings (SSSR count). The summed E-state index contributed by atoms with van der Waals surface area (Å²) in [5.41, 5.74) is -3.12. The van der Waals surface area contributed by atoms with Crippen LogP contribution in [-0.2, 0) is 0 Å². The maximum Gasteiger partial charge on any atom is 0.422 e. The number of hydrogen-bond donors (Lipinski definition) is 1. The molecule has 0 saturated heterocycles. The Balaban J connectivity index is 3.24. The molecule has 0 amide bonds. The predicted molar refractivity (Wildman–Crippen MR) is 48.6 cm³/mol. The number of halogens is 5. The van der Waals surface area contributed by atoms with Gasteiger partial charge in [0.2, 0.25) is 0 Å². The van der Waals surface area contributed by atoms with Crippen molar-refractivity contribution in [1.29, 1.82) is 0 Å². The summed E-state index contributed by atoms with van der Waals surface area (Å²) < 4.78 is 61.2. The Morgan fingerprint density at radius 2 is 1.41 bits per heavy atom. The molecule has 0 atom stereocenters. The van der Waals surface area contributed by atoms with Gasteiger partial charge in [-0.1, -0.05) is 12.1 Å². The predicted octanol–water partition coefficient (Wildman–Crippen LogP) is 3.55. The molecule has 0 unspecified atom stereocenters. The second kappa shape index (κ2) is 4.52. The van der Waals surface area contributed by atoms with E-state index < -0.39 is 29.4 Å². The van der Waals surface area contributed by atoms with Gasteiger partial charge in [-0.25, -0.2) is 4.79 Å². The minimum absolute atomic E-state index is 0.283. The van der Waals surface area contributed by atoms with Crippen LogP contribution in [-0.4, -0.2) is 17.3 Å². The van der Waals surface area contributed by atoms with Gasteiger partial charge < -0.3 is 5.11 Å². The topological polar surface area (TPSA) is 37.3 Å². The van der Waals surface area contributed by atoms with Crippen molar-refractivity contribution >= 4 is 11.5 Å². The molecule has 17 heavy (non-hydrogen) atoms. The molecule has 92 valence electrons. The Bertz CT molecular complexity index is 455. The first-order valence-electron chi connectivity index (χ1n) is 4.19. The van der Waals surface area contributed by atoms with E-state index in [2.05, 4.69) is 0 Å². The smallest absolute Gasteiger partial charge is 0.422 e. The van der Waals surface area contributed by atoms with Crippen molar-refractivity contribution in [2.75, 3.05) is 0 Å². The second-order valence-corrected chi connectivity index (χ2v) is 3.02. The zero-order chi connectivity index (χ0) is 13.2. The van der Waals surface area contributed by atoms with E-state index in [4.69, 9.17) is 5.11 Å². The van der Waals surface area contributed by atoms with Gasteiger partial charge in [0.25, 0.3) is 6.08 Å². The highest BCUT2D eigenvalue weighted by molar-refractivity contribution is 5.88. The van der Waals surface area contributed by atoms with Crippen LogP contribution in [0.2, 0.25) is 0 Å². The lowest BCUT2D eigenvalue weighted by Crippen LogP contribution is -2.12. The van der Waals surface area contributed by atoms with E-state index in [1.54, 1.807) is 0 Å². The van der Waals surface area contributed by atoms with Gasteiger partial charge >= 0.3 is 12.1 Å². The molecule has 0 aromatic heterocycles. The third kappa shape index (κ3) is 3.02. The van der Waals surface area contributed by atoms with Gasteiger partial charge in [-0.05, 0) is 17.7 Å². The van der Waals surface area contributed by atoms with Crippen LogP contribution in [0, 0.1) is 0 Å². The van der Waals surface area contributed by atoms with Crippen molar-refractivity contribution < 1.29 is 31.9 Å². The van der Waals surface area contributed by atoms with Gasteiger partial charge in [0.1, 0.15) is 5.57 Å². The van der Waals surface area contributed by atoms with Crippen molar-refractivity contribution in [3.05, 3.63) is 41.5 Å². The lowest BCUT2D eigenvalue weighted by Gasteiger charge is -2.10. The summed E-state index contributed by atoms with van der Waals surface area (Å²) in [4.78, 5) is 10.4. The summed E-state index contributed by atoms with van der Waals surface area (Å²) in [6.45, 7) is 0. The Morgan fingerprint density at radius 3 is 1.71 bits per heavy atom. The zero-order valence-corrected chi connectivity index (χ0v) is 8.05. The quantitative estimate of drug-likeness (QED) is 0.817. The van der Waals surface area contributed by atoms with E-state index in [1.807, 2.05) is 0 Å². The van der Waals surface area contributed by atoms with E-state index in [9.17, 15) is 26.7 Å². The molecule has 0 bridgehead atoms. The SMILES string of the molecule is O=C(O)c1ccc(C(=C(F)F)C(F)(F)F)cc1. The molecule has 0 fully saturated rings. The van der Waals surface area contributed by atoms with Gasteiger partial charge in [0.15, 0.2) is 0 Å². The Hall–Kier alpha value is -1.92. The fourth-order valence-electron chi connectivity index (χ4n) is 1.16. The molecule has 1 aromatic carbocycles. The standard InChI is InChI=1S/C10H5F5O2/c11-8(12)7(10(13,14)15)5-1-3-6(4-2-5)9(16)17/h1-4H,(H,16,17). The van der Waals surface area contributed by atoms with Crippen LogP contribution in [0.25, 0.3) is 5.57 Å². The van der Waals surface area contributed by atoms with Gasteiger partial charge in [-0.2, -0.15) is 22.0 Å². The van der Waals surface area contributed by atoms with E-state index in [0.717, 1.165) is 12.1 Å². The normalized spacial score (nSPS) is 11.1. The first kappa shape index (κ1) is 13.1. The maximum absolute atomic E-state index is 12.3. The summed E-state index contributed by atoms with van der Waals surface area (Å²) in [5, 5.41) is 8.50. The fourth-order valence-corrected chi connectivity index (χ4v) is 1.16. The Morgan fingerprint density at radius 1 is 1.00 bits per heavy atom. The lowest BCUT2D eigenvalue weighted by atomic mass is 10.0. The first-order chi connectivity index (χ1) is 7.73. The molecule has 0 aliphatic rings. The van der Waals surface area contributed by atoms with Crippen molar-refractivity contribution in [3.63, 3.8) is 0 Å². The van der Waals surface area contributed by atoms with Gasteiger partial charge in [-0.3, -0.25) is 0 Å². The lowest BCUT2D eigenvalue weighted by molar-refractivity contribution is -0.0711. The number of carbonyl (C=O) groups is 1. The van der Waals surface area contributed by atoms with E-state index >= 15 is 0 Å². The summed E-state index contributed by atoms with van der Waals surface area (Å²) in [5.74, 6) is -1.35. The number of carboxylic acids is 1. The van der Waals surface area contributed by atoms with E-state index in [1.165, 1.54) is 0 Å². The molecule has 0 aliphatic heterocycles. The largest absolute Gasteiger partial charge is 0.478 e. The maximum atomic E-state index is 12.3. The first-order valence-corrected chi connectivity index (χ1v) is 4.19. The van der Waals surface area contributed by atoms with Gasteiger partial charge in [-0.15, -0.1) is 0 Å². The average molecular weight is 252 g/mol. The highest BCUT2D eigenvalue weighted by Gasteiger charge is 2.38. The van der Waals surface area contributed by atoms with Gasteiger partial charge in [0.05, 0.1) is 5.56 Å². The number of allylic oxidation sites excluding steroid dienone is 1. The van der Waals surface area contributed by atoms with Crippen LogP contribution < -0.4 is 0 Å². The van der Waals surface area contributed by atoms with E-state index in [-0.39, 0.29) is 5.56 Å². The van der Waals surface area contributed by atoms with Crippen LogP contribution in [0.1, 0.15) is 15.9 Å². The van der Waals surface area contributed by atoms with Gasteiger partial charge in [0, 0.05) is 0 Å². The molecule has 2 nitrogen and oxygen atoms in total. The van der Waals surface area contributed by atoms with Crippen molar-refractivity contribution in [1.82, 2.24) is 0 Å². The number of hydrogen-bond acceptors (Lipinski definition) is 1. The zero-order valence-electron chi connectivity index (χ0n) is 8.05. The Labute approximate surface area is 92.0 Å². The number of rotatable bonds is 2. The van der Waals surface area contributed by atoms with E-state index in [0.29, 0.717) is 12.1 Å². The summed E-state index contributed by atoms with van der Waals surface area (Å²) in [7, 11) is 0. The number of carboxylic acid groups (broad SMARTS) is 1. The monoisotopic (exact) mass is 252 g/mol. The number of benzene rings is 1. The third-order valence-corrected chi connectivity index (χ3v) is 1.89. The second-order valence-electron chi connectivity index (χ2n) is 3.02.